The van der Waals surface area contributed by atoms with Crippen molar-refractivity contribution in [2.24, 2.45) is 0 Å². The third-order valence-corrected chi connectivity index (χ3v) is 11.1. The van der Waals surface area contributed by atoms with Crippen LogP contribution in [0.4, 0.5) is 0 Å². The second-order valence-electron chi connectivity index (χ2n) is 15.4. The second-order valence-corrected chi connectivity index (χ2v) is 15.4. The summed E-state index contributed by atoms with van der Waals surface area (Å²) in [5.41, 5.74) is 0. The van der Waals surface area contributed by atoms with Gasteiger partial charge in [-0.25, -0.2) is 0 Å². The van der Waals surface area contributed by atoms with Gasteiger partial charge in [-0.05, 0) is 0 Å². The van der Waals surface area contributed by atoms with E-state index in [9.17, 15) is 86.2 Å². The molecule has 5 aliphatic heterocycles. The minimum absolute atomic E-state index is 0.733. The SMILES string of the molecule is CC(=O)N[C@H]1[C@@H](O[C@H]2[C@@H](O)[C@@H](CO)O[C@@H](O[C@H]3[C@@H](O)[C@@H](CO)O[C@H](O[C@H]4[C@@H](O)[C@@H](CO)O[C@@H](O[C@H]5[C@H](O)[C@@H](O)[C@H](O)O[C@@H]5CO)[C@@H]4O)[C@@H]3O)[C@@H]2NC(C)=O)O[C@H](CO)[C@H](O)[C@@H]1O. The number of rotatable bonds is 15. The van der Waals surface area contributed by atoms with Crippen molar-refractivity contribution < 1.29 is 129 Å². The smallest absolute Gasteiger partial charge is 0.217 e. The molecule has 62 heavy (non-hydrogen) atoms. The zero-order chi connectivity index (χ0) is 45.9. The topological polar surface area (TPSA) is 445 Å². The van der Waals surface area contributed by atoms with Gasteiger partial charge in [0.25, 0.3) is 0 Å². The molecule has 0 spiro atoms. The van der Waals surface area contributed by atoms with E-state index in [-0.39, 0.29) is 0 Å². The summed E-state index contributed by atoms with van der Waals surface area (Å²) in [6.45, 7) is -2.56. The van der Waals surface area contributed by atoms with Crippen LogP contribution in [0.3, 0.4) is 0 Å². The second kappa shape index (κ2) is 22.0. The van der Waals surface area contributed by atoms with Gasteiger partial charge in [0.05, 0.1) is 33.0 Å². The van der Waals surface area contributed by atoms with Gasteiger partial charge in [0.15, 0.2) is 31.5 Å². The third kappa shape index (κ3) is 10.8. The van der Waals surface area contributed by atoms with Crippen LogP contribution in [0.2, 0.25) is 0 Å². The number of hydrogen-bond acceptors (Lipinski definition) is 26. The lowest BCUT2D eigenvalue weighted by Gasteiger charge is -2.50. The first-order valence-corrected chi connectivity index (χ1v) is 19.6. The number of amides is 2. The van der Waals surface area contributed by atoms with E-state index in [1.807, 2.05) is 0 Å². The van der Waals surface area contributed by atoms with Crippen LogP contribution in [0.1, 0.15) is 13.8 Å². The lowest BCUT2D eigenvalue weighted by molar-refractivity contribution is -0.388. The first-order valence-electron chi connectivity index (χ1n) is 19.6. The summed E-state index contributed by atoms with van der Waals surface area (Å²) in [4.78, 5) is 24.6. The maximum absolute atomic E-state index is 12.6. The molecule has 0 radical (unpaired) electrons. The fraction of sp³-hybridized carbons (Fsp3) is 0.941. The summed E-state index contributed by atoms with van der Waals surface area (Å²) in [6, 6.07) is -3.25. The van der Waals surface area contributed by atoms with Gasteiger partial charge in [0.1, 0.15) is 122 Å². The van der Waals surface area contributed by atoms with E-state index in [1.54, 1.807) is 0 Å². The molecule has 28 heteroatoms. The van der Waals surface area contributed by atoms with Crippen LogP contribution in [0.15, 0.2) is 0 Å². The molecule has 5 saturated heterocycles. The standard InChI is InChI=1S/C34H58N2O26/c1-8(42)35-15-21(48)17(44)10(3-37)55-31(15)60-27-16(36-9(2)43)32(56-11(4-38)18(27)45)61-28-19(46)12(5-39)58-34(24(28)51)62-29-20(47)13(6-40)57-33(25(29)52)59-26-14(7-41)54-30(53)23(50)22(26)49/h10-34,37-41,44-53H,3-7H2,1-2H3,(H,35,42)(H,36,43)/t10-,11-,12-,13-,14-,15-,16-,17+,18+,19+,20+,21-,22-,23-,24-,25-,26-,27-,28+,29+,30-,31-,32+,33+,34-/m1/s1. The number of carbonyl (C=O) groups excluding carboxylic acids is 2. The van der Waals surface area contributed by atoms with Crippen molar-refractivity contribution in [1.29, 1.82) is 0 Å². The first-order chi connectivity index (χ1) is 29.3. The Balaban J connectivity index is 1.41. The molecule has 17 N–H and O–H groups in total. The zero-order valence-corrected chi connectivity index (χ0v) is 33.2. The Labute approximate surface area is 351 Å². The van der Waals surface area contributed by atoms with Crippen molar-refractivity contribution in [3.63, 3.8) is 0 Å². The Hall–Kier alpha value is -2.02. The quantitative estimate of drug-likeness (QED) is 0.0725. The van der Waals surface area contributed by atoms with E-state index in [4.69, 9.17) is 42.6 Å². The van der Waals surface area contributed by atoms with E-state index in [1.165, 1.54) is 0 Å². The summed E-state index contributed by atoms with van der Waals surface area (Å²) >= 11 is 0. The molecule has 25 atom stereocenters. The average Bonchev–Trinajstić information content (AvgIpc) is 3.23. The summed E-state index contributed by atoms with van der Waals surface area (Å²) in [5, 5.41) is 163. The molecule has 0 unspecified atom stereocenters. The fourth-order valence-electron chi connectivity index (χ4n) is 7.83. The van der Waals surface area contributed by atoms with Crippen LogP contribution < -0.4 is 10.6 Å². The van der Waals surface area contributed by atoms with Crippen molar-refractivity contribution in [1.82, 2.24) is 10.6 Å². The number of aliphatic hydroxyl groups excluding tert-OH is 15. The van der Waals surface area contributed by atoms with Crippen molar-refractivity contribution >= 4 is 11.8 Å². The number of hydrogen-bond donors (Lipinski definition) is 17. The van der Waals surface area contributed by atoms with Crippen LogP contribution in [0.5, 0.6) is 0 Å². The van der Waals surface area contributed by atoms with Crippen LogP contribution >= 0.6 is 0 Å². The number of nitrogens with one attached hydrogen (secondary N) is 2. The van der Waals surface area contributed by atoms with Gasteiger partial charge in [-0.3, -0.25) is 9.59 Å². The Morgan fingerprint density at radius 2 is 0.742 bits per heavy atom. The fourth-order valence-corrected chi connectivity index (χ4v) is 7.83. The molecule has 360 valence electrons. The minimum atomic E-state index is -2.20. The Morgan fingerprint density at radius 3 is 1.19 bits per heavy atom. The summed E-state index contributed by atoms with van der Waals surface area (Å²) in [5.74, 6) is -1.55. The minimum Gasteiger partial charge on any atom is -0.394 e. The molecule has 0 aromatic rings. The number of ether oxygens (including phenoxy) is 9. The molecule has 0 bridgehead atoms. The monoisotopic (exact) mass is 910 g/mol. The molecule has 0 aromatic heterocycles. The normalized spacial score (nSPS) is 49.0. The summed E-state index contributed by atoms with van der Waals surface area (Å²) in [7, 11) is 0. The van der Waals surface area contributed by atoms with Gasteiger partial charge in [0, 0.05) is 13.8 Å². The molecule has 28 nitrogen and oxygen atoms in total. The van der Waals surface area contributed by atoms with Gasteiger partial charge in [0.2, 0.25) is 11.8 Å². The van der Waals surface area contributed by atoms with Gasteiger partial charge in [-0.2, -0.15) is 0 Å². The number of carbonyl (C=O) groups is 2. The molecule has 2 amide bonds. The van der Waals surface area contributed by atoms with E-state index in [0.717, 1.165) is 13.8 Å². The van der Waals surface area contributed by atoms with E-state index in [2.05, 4.69) is 10.6 Å². The van der Waals surface area contributed by atoms with E-state index in [0.29, 0.717) is 0 Å². The highest BCUT2D eigenvalue weighted by molar-refractivity contribution is 5.73. The van der Waals surface area contributed by atoms with Gasteiger partial charge < -0.3 is 130 Å². The van der Waals surface area contributed by atoms with Crippen molar-refractivity contribution in [3.05, 3.63) is 0 Å². The lowest BCUT2D eigenvalue weighted by atomic mass is 9.93. The third-order valence-electron chi connectivity index (χ3n) is 11.1. The Bertz CT molecular complexity index is 1440. The molecule has 0 aliphatic carbocycles. The highest BCUT2D eigenvalue weighted by Gasteiger charge is 2.57. The van der Waals surface area contributed by atoms with Crippen molar-refractivity contribution in [2.75, 3.05) is 33.0 Å². The highest BCUT2D eigenvalue weighted by Crippen LogP contribution is 2.36. The van der Waals surface area contributed by atoms with E-state index >= 15 is 0 Å². The zero-order valence-electron chi connectivity index (χ0n) is 33.2. The Morgan fingerprint density at radius 1 is 0.387 bits per heavy atom. The average molecular weight is 911 g/mol. The molecule has 5 heterocycles. The molecule has 0 saturated carbocycles. The van der Waals surface area contributed by atoms with Crippen LogP contribution in [-0.2, 0) is 52.2 Å². The lowest BCUT2D eigenvalue weighted by Crippen LogP contribution is -2.71. The van der Waals surface area contributed by atoms with Gasteiger partial charge >= 0.3 is 0 Å². The number of aliphatic hydroxyl groups is 15. The molecular formula is C34H58N2O26. The maximum Gasteiger partial charge on any atom is 0.217 e. The van der Waals surface area contributed by atoms with Gasteiger partial charge in [-0.1, -0.05) is 0 Å². The predicted molar refractivity (Wildman–Crippen MR) is 190 cm³/mol. The molecule has 5 aliphatic rings. The van der Waals surface area contributed by atoms with Crippen molar-refractivity contribution in [2.45, 2.75) is 167 Å². The van der Waals surface area contributed by atoms with Gasteiger partial charge in [-0.15, -0.1) is 0 Å². The van der Waals surface area contributed by atoms with Crippen LogP contribution in [0, 0.1) is 0 Å². The maximum atomic E-state index is 12.6. The Kier molecular flexibility index (Phi) is 18.1. The van der Waals surface area contributed by atoms with Crippen LogP contribution in [-0.4, -0.2) is 275 Å². The summed E-state index contributed by atoms with van der Waals surface area (Å²) < 4.78 is 50.8. The highest BCUT2D eigenvalue weighted by atomic mass is 16.8. The summed E-state index contributed by atoms with van der Waals surface area (Å²) in [6.07, 6.45) is -42.7. The first kappa shape index (κ1) is 51.0. The molecule has 5 fully saturated rings. The molecular weight excluding hydrogens is 852 g/mol. The molecule has 5 rings (SSSR count). The largest absolute Gasteiger partial charge is 0.394 e. The van der Waals surface area contributed by atoms with Crippen molar-refractivity contribution in [3.8, 4) is 0 Å². The molecule has 0 aromatic carbocycles. The predicted octanol–water partition coefficient (Wildman–Crippen LogP) is -11.6. The van der Waals surface area contributed by atoms with Crippen LogP contribution in [0.25, 0.3) is 0 Å². The van der Waals surface area contributed by atoms with E-state index < -0.39 is 198 Å².